The Labute approximate surface area is 184 Å². The first-order chi connectivity index (χ1) is 15.0. The zero-order chi connectivity index (χ0) is 21.8. The van der Waals surface area contributed by atoms with Crippen LogP contribution in [0.5, 0.6) is 0 Å². The Kier molecular flexibility index (Phi) is 6.34. The molecule has 2 amide bonds. The van der Waals surface area contributed by atoms with Crippen molar-refractivity contribution in [3.8, 4) is 11.3 Å². The number of furan rings is 1. The minimum Gasteiger partial charge on any atom is -0.451 e. The van der Waals surface area contributed by atoms with E-state index in [9.17, 15) is 14.0 Å². The maximum atomic E-state index is 13.0. The summed E-state index contributed by atoms with van der Waals surface area (Å²) in [6.07, 6.45) is 0. The molecule has 1 aliphatic rings. The SMILES string of the molecule is O=C(CN1CCN(C(=O)c2ccc(-c3ccccc3Cl)o2)CC1)Nc1ccc(F)cc1. The molecule has 0 radical (unpaired) electrons. The van der Waals surface area contributed by atoms with Gasteiger partial charge >= 0.3 is 0 Å². The highest BCUT2D eigenvalue weighted by molar-refractivity contribution is 6.33. The highest BCUT2D eigenvalue weighted by Crippen LogP contribution is 2.29. The number of amides is 2. The van der Waals surface area contributed by atoms with Gasteiger partial charge in [0.1, 0.15) is 11.6 Å². The standard InChI is InChI=1S/C23H21ClFN3O3/c24-19-4-2-1-3-18(19)20-9-10-21(31-20)23(30)28-13-11-27(12-14-28)15-22(29)26-17-7-5-16(25)6-8-17/h1-10H,11-15H2,(H,26,29). The van der Waals surface area contributed by atoms with Crippen molar-refractivity contribution in [3.63, 3.8) is 0 Å². The number of piperazine rings is 1. The minimum atomic E-state index is -0.352. The second-order valence-electron chi connectivity index (χ2n) is 7.27. The van der Waals surface area contributed by atoms with E-state index in [1.807, 2.05) is 23.1 Å². The second-order valence-corrected chi connectivity index (χ2v) is 7.67. The molecule has 0 unspecified atom stereocenters. The predicted molar refractivity (Wildman–Crippen MR) is 117 cm³/mol. The second kappa shape index (κ2) is 9.32. The van der Waals surface area contributed by atoms with E-state index in [0.717, 1.165) is 5.56 Å². The number of carbonyl (C=O) groups excluding carboxylic acids is 2. The number of rotatable bonds is 5. The van der Waals surface area contributed by atoms with Gasteiger partial charge in [-0.2, -0.15) is 0 Å². The van der Waals surface area contributed by atoms with Gasteiger partial charge in [0, 0.05) is 37.4 Å². The minimum absolute atomic E-state index is 0.179. The van der Waals surface area contributed by atoms with E-state index < -0.39 is 0 Å². The van der Waals surface area contributed by atoms with E-state index in [1.165, 1.54) is 24.3 Å². The summed E-state index contributed by atoms with van der Waals surface area (Å²) in [5, 5.41) is 3.30. The maximum Gasteiger partial charge on any atom is 0.289 e. The summed E-state index contributed by atoms with van der Waals surface area (Å²) in [4.78, 5) is 28.7. The maximum absolute atomic E-state index is 13.0. The normalized spacial score (nSPS) is 14.5. The first-order valence-corrected chi connectivity index (χ1v) is 10.3. The van der Waals surface area contributed by atoms with Crippen LogP contribution in [0.3, 0.4) is 0 Å². The molecule has 4 rings (SSSR count). The number of halogens is 2. The first-order valence-electron chi connectivity index (χ1n) is 9.91. The Hall–Kier alpha value is -3.16. The summed E-state index contributed by atoms with van der Waals surface area (Å²) in [5.41, 5.74) is 1.28. The van der Waals surface area contributed by atoms with E-state index in [4.69, 9.17) is 16.0 Å². The molecule has 6 nitrogen and oxygen atoms in total. The zero-order valence-electron chi connectivity index (χ0n) is 16.7. The molecule has 31 heavy (non-hydrogen) atoms. The molecule has 0 aliphatic carbocycles. The van der Waals surface area contributed by atoms with Gasteiger partial charge in [0.25, 0.3) is 5.91 Å². The van der Waals surface area contributed by atoms with E-state index in [2.05, 4.69) is 5.32 Å². The molecule has 2 heterocycles. The molecular weight excluding hydrogens is 421 g/mol. The summed E-state index contributed by atoms with van der Waals surface area (Å²) in [6.45, 7) is 2.33. The number of hydrogen-bond donors (Lipinski definition) is 1. The Morgan fingerprint density at radius 2 is 1.68 bits per heavy atom. The third-order valence-electron chi connectivity index (χ3n) is 5.11. The smallest absolute Gasteiger partial charge is 0.289 e. The van der Waals surface area contributed by atoms with Crippen molar-refractivity contribution in [3.05, 3.63) is 77.3 Å². The van der Waals surface area contributed by atoms with Crippen LogP contribution in [0, 0.1) is 5.82 Å². The van der Waals surface area contributed by atoms with Crippen LogP contribution in [-0.4, -0.2) is 54.3 Å². The number of nitrogens with zero attached hydrogens (tertiary/aromatic N) is 2. The molecule has 0 bridgehead atoms. The number of carbonyl (C=O) groups is 2. The van der Waals surface area contributed by atoms with Crippen LogP contribution in [-0.2, 0) is 4.79 Å². The molecular formula is C23H21ClFN3O3. The van der Waals surface area contributed by atoms with E-state index >= 15 is 0 Å². The van der Waals surface area contributed by atoms with Crippen molar-refractivity contribution in [1.82, 2.24) is 9.80 Å². The van der Waals surface area contributed by atoms with Gasteiger partial charge in [-0.05, 0) is 48.5 Å². The molecule has 1 fully saturated rings. The molecule has 2 aromatic carbocycles. The molecule has 1 N–H and O–H groups in total. The van der Waals surface area contributed by atoms with Crippen LogP contribution < -0.4 is 5.32 Å². The van der Waals surface area contributed by atoms with Crippen molar-refractivity contribution < 1.29 is 18.4 Å². The van der Waals surface area contributed by atoms with Crippen LogP contribution in [0.25, 0.3) is 11.3 Å². The molecule has 3 aromatic rings. The molecule has 1 aliphatic heterocycles. The van der Waals surface area contributed by atoms with Gasteiger partial charge in [-0.1, -0.05) is 23.7 Å². The number of nitrogens with one attached hydrogen (secondary N) is 1. The van der Waals surface area contributed by atoms with Crippen LogP contribution in [0.4, 0.5) is 10.1 Å². The number of benzene rings is 2. The fraction of sp³-hybridized carbons (Fsp3) is 0.217. The van der Waals surface area contributed by atoms with Crippen LogP contribution >= 0.6 is 11.6 Å². The number of anilines is 1. The summed E-state index contributed by atoms with van der Waals surface area (Å²) in [7, 11) is 0. The summed E-state index contributed by atoms with van der Waals surface area (Å²) in [5.74, 6) is 0.0901. The van der Waals surface area contributed by atoms with Crippen molar-refractivity contribution >= 4 is 29.1 Å². The average Bonchev–Trinajstić information content (AvgIpc) is 3.26. The molecule has 0 atom stereocenters. The van der Waals surface area contributed by atoms with Crippen LogP contribution in [0.15, 0.2) is 65.1 Å². The Balaban J connectivity index is 1.29. The van der Waals surface area contributed by atoms with Gasteiger partial charge < -0.3 is 14.6 Å². The van der Waals surface area contributed by atoms with E-state index in [0.29, 0.717) is 42.6 Å². The van der Waals surface area contributed by atoms with E-state index in [1.54, 1.807) is 23.1 Å². The third kappa shape index (κ3) is 5.13. The van der Waals surface area contributed by atoms with Gasteiger partial charge in [-0.15, -0.1) is 0 Å². The quantitative estimate of drug-likeness (QED) is 0.646. The van der Waals surface area contributed by atoms with Gasteiger partial charge in [0.15, 0.2) is 5.76 Å². The average molecular weight is 442 g/mol. The monoisotopic (exact) mass is 441 g/mol. The van der Waals surface area contributed by atoms with Crippen molar-refractivity contribution in [2.75, 3.05) is 38.0 Å². The Morgan fingerprint density at radius 3 is 2.39 bits per heavy atom. The fourth-order valence-electron chi connectivity index (χ4n) is 3.46. The zero-order valence-corrected chi connectivity index (χ0v) is 17.4. The topological polar surface area (TPSA) is 65.8 Å². The summed E-state index contributed by atoms with van der Waals surface area (Å²) < 4.78 is 18.7. The lowest BCUT2D eigenvalue weighted by Gasteiger charge is -2.33. The molecule has 8 heteroatoms. The van der Waals surface area contributed by atoms with Crippen molar-refractivity contribution in [2.45, 2.75) is 0 Å². The number of hydrogen-bond acceptors (Lipinski definition) is 4. The lowest BCUT2D eigenvalue weighted by atomic mass is 10.2. The van der Waals surface area contributed by atoms with Gasteiger partial charge in [-0.25, -0.2) is 4.39 Å². The lowest BCUT2D eigenvalue weighted by Crippen LogP contribution is -2.50. The fourth-order valence-corrected chi connectivity index (χ4v) is 3.69. The van der Waals surface area contributed by atoms with Crippen LogP contribution in [0.2, 0.25) is 5.02 Å². The summed E-state index contributed by atoms with van der Waals surface area (Å²) >= 11 is 6.20. The molecule has 1 saturated heterocycles. The van der Waals surface area contributed by atoms with Gasteiger partial charge in [0.05, 0.1) is 11.6 Å². The highest BCUT2D eigenvalue weighted by atomic mass is 35.5. The van der Waals surface area contributed by atoms with Crippen molar-refractivity contribution in [1.29, 1.82) is 0 Å². The Morgan fingerprint density at radius 1 is 0.968 bits per heavy atom. The largest absolute Gasteiger partial charge is 0.451 e. The summed E-state index contributed by atoms with van der Waals surface area (Å²) in [6, 6.07) is 16.3. The molecule has 0 spiro atoms. The van der Waals surface area contributed by atoms with E-state index in [-0.39, 0.29) is 29.9 Å². The van der Waals surface area contributed by atoms with Gasteiger partial charge in [0.2, 0.25) is 5.91 Å². The van der Waals surface area contributed by atoms with Gasteiger partial charge in [-0.3, -0.25) is 14.5 Å². The molecule has 0 saturated carbocycles. The van der Waals surface area contributed by atoms with Crippen LogP contribution in [0.1, 0.15) is 10.6 Å². The highest BCUT2D eigenvalue weighted by Gasteiger charge is 2.25. The first kappa shape index (κ1) is 21.1. The molecule has 1 aromatic heterocycles. The van der Waals surface area contributed by atoms with Crippen molar-refractivity contribution in [2.24, 2.45) is 0 Å². The predicted octanol–water partition coefficient (Wildman–Crippen LogP) is 4.14. The lowest BCUT2D eigenvalue weighted by molar-refractivity contribution is -0.117. The third-order valence-corrected chi connectivity index (χ3v) is 5.44. The molecule has 160 valence electrons. The Bertz CT molecular complexity index is 1080.